The summed E-state index contributed by atoms with van der Waals surface area (Å²) in [6.07, 6.45) is 6.55. The Morgan fingerprint density at radius 1 is 1.31 bits per heavy atom. The van der Waals surface area contributed by atoms with Gasteiger partial charge >= 0.3 is 0 Å². The van der Waals surface area contributed by atoms with Crippen molar-refractivity contribution in [2.45, 2.75) is 51.7 Å². The quantitative estimate of drug-likeness (QED) is 0.683. The fourth-order valence-electron chi connectivity index (χ4n) is 3.46. The van der Waals surface area contributed by atoms with E-state index in [1.165, 1.54) is 5.57 Å². The van der Waals surface area contributed by atoms with Crippen molar-refractivity contribution in [3.63, 3.8) is 0 Å². The third-order valence-corrected chi connectivity index (χ3v) is 5.28. The molecule has 3 atom stereocenters. The number of amides is 1. The number of hydrogen-bond donors (Lipinski definition) is 1. The van der Waals surface area contributed by atoms with Crippen molar-refractivity contribution in [1.82, 2.24) is 4.90 Å². The maximum absolute atomic E-state index is 12.1. The number of aliphatic hydroxyl groups excluding tert-OH is 1. The third kappa shape index (κ3) is 6.58. The highest BCUT2D eigenvalue weighted by molar-refractivity contribution is 5.76. The fourth-order valence-corrected chi connectivity index (χ4v) is 3.46. The summed E-state index contributed by atoms with van der Waals surface area (Å²) in [7, 11) is 3.63. The van der Waals surface area contributed by atoms with Crippen LogP contribution in [0.15, 0.2) is 42.0 Å². The molecule has 0 saturated carbocycles. The standard InChI is InChI=1S/C22H33NO3/c1-17-9-10-19(13-20(17)15-22(25)23(2)3)14-21(11-12-24)26-16-18-7-5-4-6-8-18/h4-8,13,17,20-21,24H,9-12,14-16H2,1-3H3/t17-,20-,21-/m0/s1. The Kier molecular flexibility index (Phi) is 8.33. The van der Waals surface area contributed by atoms with Gasteiger partial charge in [0.2, 0.25) is 5.91 Å². The number of carbonyl (C=O) groups is 1. The van der Waals surface area contributed by atoms with E-state index >= 15 is 0 Å². The Hall–Kier alpha value is -1.65. The van der Waals surface area contributed by atoms with Gasteiger partial charge in [0.05, 0.1) is 12.7 Å². The number of allylic oxidation sites excluding steroid dienone is 1. The molecule has 0 fully saturated rings. The van der Waals surface area contributed by atoms with Gasteiger partial charge in [-0.2, -0.15) is 0 Å². The SMILES string of the molecule is C[C@H]1CCC(C[C@H](CCO)OCc2ccccc2)=C[C@H]1CC(=O)N(C)C. The fraction of sp³-hybridized carbons (Fsp3) is 0.591. The lowest BCUT2D eigenvalue weighted by Gasteiger charge is -2.29. The molecule has 0 unspecified atom stereocenters. The van der Waals surface area contributed by atoms with E-state index in [1.807, 2.05) is 32.3 Å². The summed E-state index contributed by atoms with van der Waals surface area (Å²) in [4.78, 5) is 13.8. The van der Waals surface area contributed by atoms with Crippen molar-refractivity contribution in [2.24, 2.45) is 11.8 Å². The Morgan fingerprint density at radius 3 is 2.69 bits per heavy atom. The second kappa shape index (κ2) is 10.5. The predicted octanol–water partition coefficient (Wildman–Crippen LogP) is 3.80. The van der Waals surface area contributed by atoms with E-state index in [0.717, 1.165) is 24.8 Å². The molecule has 2 rings (SSSR count). The van der Waals surface area contributed by atoms with E-state index in [0.29, 0.717) is 31.3 Å². The molecule has 4 heteroatoms. The molecule has 4 nitrogen and oxygen atoms in total. The molecule has 1 aromatic rings. The van der Waals surface area contributed by atoms with Gasteiger partial charge in [-0.05, 0) is 43.1 Å². The molecule has 1 amide bonds. The molecule has 1 N–H and O–H groups in total. The number of ether oxygens (including phenoxy) is 1. The van der Waals surface area contributed by atoms with Crippen molar-refractivity contribution in [3.05, 3.63) is 47.5 Å². The topological polar surface area (TPSA) is 49.8 Å². The molecule has 26 heavy (non-hydrogen) atoms. The van der Waals surface area contributed by atoms with Crippen molar-refractivity contribution < 1.29 is 14.6 Å². The molecule has 0 aliphatic heterocycles. The van der Waals surface area contributed by atoms with Crippen molar-refractivity contribution in [2.75, 3.05) is 20.7 Å². The second-order valence-electron chi connectivity index (χ2n) is 7.63. The van der Waals surface area contributed by atoms with Crippen LogP contribution in [-0.2, 0) is 16.1 Å². The molecule has 0 aromatic heterocycles. The van der Waals surface area contributed by atoms with Crippen LogP contribution in [0, 0.1) is 11.8 Å². The van der Waals surface area contributed by atoms with E-state index in [1.54, 1.807) is 4.90 Å². The highest BCUT2D eigenvalue weighted by Gasteiger charge is 2.25. The van der Waals surface area contributed by atoms with Crippen LogP contribution in [-0.4, -0.2) is 42.7 Å². The zero-order valence-corrected chi connectivity index (χ0v) is 16.4. The average Bonchev–Trinajstić information content (AvgIpc) is 2.63. The molecule has 0 radical (unpaired) electrons. The molecular weight excluding hydrogens is 326 g/mol. The van der Waals surface area contributed by atoms with Crippen LogP contribution in [0.25, 0.3) is 0 Å². The molecule has 1 aromatic carbocycles. The Morgan fingerprint density at radius 2 is 2.04 bits per heavy atom. The molecule has 0 spiro atoms. The van der Waals surface area contributed by atoms with Crippen LogP contribution >= 0.6 is 0 Å². The van der Waals surface area contributed by atoms with Gasteiger partial charge in [0.15, 0.2) is 0 Å². The van der Waals surface area contributed by atoms with E-state index in [2.05, 4.69) is 25.1 Å². The van der Waals surface area contributed by atoms with Crippen LogP contribution in [0.1, 0.15) is 44.6 Å². The predicted molar refractivity (Wildman–Crippen MR) is 105 cm³/mol. The highest BCUT2D eigenvalue weighted by Crippen LogP contribution is 2.33. The summed E-state index contributed by atoms with van der Waals surface area (Å²) in [5.41, 5.74) is 2.52. The lowest BCUT2D eigenvalue weighted by Crippen LogP contribution is -2.27. The first-order valence-electron chi connectivity index (χ1n) is 9.65. The minimum atomic E-state index is 0.0186. The second-order valence-corrected chi connectivity index (χ2v) is 7.63. The number of aliphatic hydroxyl groups is 1. The number of rotatable bonds is 9. The minimum absolute atomic E-state index is 0.0186. The lowest BCUT2D eigenvalue weighted by atomic mass is 9.78. The number of benzene rings is 1. The summed E-state index contributed by atoms with van der Waals surface area (Å²) < 4.78 is 6.08. The first-order chi connectivity index (χ1) is 12.5. The van der Waals surface area contributed by atoms with Gasteiger partial charge in [-0.3, -0.25) is 4.79 Å². The third-order valence-electron chi connectivity index (χ3n) is 5.28. The summed E-state index contributed by atoms with van der Waals surface area (Å²) >= 11 is 0. The zero-order valence-electron chi connectivity index (χ0n) is 16.4. The van der Waals surface area contributed by atoms with Crippen molar-refractivity contribution in [1.29, 1.82) is 0 Å². The minimum Gasteiger partial charge on any atom is -0.396 e. The summed E-state index contributed by atoms with van der Waals surface area (Å²) in [5, 5.41) is 9.39. The van der Waals surface area contributed by atoms with E-state index in [9.17, 15) is 9.90 Å². The Balaban J connectivity index is 1.96. The van der Waals surface area contributed by atoms with Crippen LogP contribution < -0.4 is 0 Å². The zero-order chi connectivity index (χ0) is 18.9. The molecule has 144 valence electrons. The van der Waals surface area contributed by atoms with Gasteiger partial charge in [0.1, 0.15) is 0 Å². The molecule has 0 saturated heterocycles. The van der Waals surface area contributed by atoms with Gasteiger partial charge in [-0.1, -0.05) is 48.9 Å². The first-order valence-corrected chi connectivity index (χ1v) is 9.65. The van der Waals surface area contributed by atoms with E-state index in [4.69, 9.17) is 4.74 Å². The van der Waals surface area contributed by atoms with Crippen molar-refractivity contribution >= 4 is 5.91 Å². The van der Waals surface area contributed by atoms with Crippen LogP contribution in [0.5, 0.6) is 0 Å². The normalized spacial score (nSPS) is 21.2. The smallest absolute Gasteiger partial charge is 0.222 e. The van der Waals surface area contributed by atoms with Crippen LogP contribution in [0.2, 0.25) is 0 Å². The summed E-state index contributed by atoms with van der Waals surface area (Å²) in [5.74, 6) is 1.02. The Labute approximate surface area is 157 Å². The number of hydrogen-bond acceptors (Lipinski definition) is 3. The lowest BCUT2D eigenvalue weighted by molar-refractivity contribution is -0.129. The van der Waals surface area contributed by atoms with Gasteiger partial charge in [0, 0.05) is 27.1 Å². The number of nitrogens with zero attached hydrogens (tertiary/aromatic N) is 1. The maximum Gasteiger partial charge on any atom is 0.222 e. The van der Waals surface area contributed by atoms with Crippen molar-refractivity contribution in [3.8, 4) is 0 Å². The van der Waals surface area contributed by atoms with Gasteiger partial charge in [-0.15, -0.1) is 0 Å². The molecular formula is C22H33NO3. The van der Waals surface area contributed by atoms with Gasteiger partial charge in [-0.25, -0.2) is 0 Å². The average molecular weight is 360 g/mol. The van der Waals surface area contributed by atoms with Gasteiger partial charge in [0.25, 0.3) is 0 Å². The number of carbonyl (C=O) groups excluding carboxylic acids is 1. The Bertz CT molecular complexity index is 582. The van der Waals surface area contributed by atoms with Crippen LogP contribution in [0.4, 0.5) is 0 Å². The highest BCUT2D eigenvalue weighted by atomic mass is 16.5. The van der Waals surface area contributed by atoms with Crippen LogP contribution in [0.3, 0.4) is 0 Å². The summed E-state index contributed by atoms with van der Waals surface area (Å²) in [6, 6.07) is 10.1. The molecule has 1 aliphatic rings. The van der Waals surface area contributed by atoms with E-state index in [-0.39, 0.29) is 18.6 Å². The molecule has 0 bridgehead atoms. The van der Waals surface area contributed by atoms with Gasteiger partial charge < -0.3 is 14.7 Å². The van der Waals surface area contributed by atoms with E-state index < -0.39 is 0 Å². The largest absolute Gasteiger partial charge is 0.396 e. The molecule has 0 heterocycles. The maximum atomic E-state index is 12.1. The first kappa shape index (κ1) is 20.7. The monoisotopic (exact) mass is 359 g/mol. The molecule has 1 aliphatic carbocycles. The summed E-state index contributed by atoms with van der Waals surface area (Å²) in [6.45, 7) is 2.93.